The zero-order valence-electron chi connectivity index (χ0n) is 20.9. The largest absolute Gasteiger partial charge is 0.417 e. The zero-order chi connectivity index (χ0) is 25.1. The van der Waals surface area contributed by atoms with E-state index in [9.17, 15) is 13.2 Å². The van der Waals surface area contributed by atoms with Crippen molar-refractivity contribution in [3.63, 3.8) is 0 Å². The fourth-order valence-corrected chi connectivity index (χ4v) is 6.57. The Morgan fingerprint density at radius 2 is 1.97 bits per heavy atom. The van der Waals surface area contributed by atoms with Crippen LogP contribution in [0.2, 0.25) is 0 Å². The number of anilines is 1. The lowest BCUT2D eigenvalue weighted by atomic mass is 9.82. The maximum Gasteiger partial charge on any atom is 0.417 e. The number of nitrogens with zero attached hydrogens (tertiary/aromatic N) is 4. The van der Waals surface area contributed by atoms with Crippen LogP contribution in [0.5, 0.6) is 0 Å². The number of nitrogens with one attached hydrogen (secondary N) is 1. The minimum atomic E-state index is -4.49. The van der Waals surface area contributed by atoms with Gasteiger partial charge in [-0.15, -0.1) is 10.2 Å². The van der Waals surface area contributed by atoms with Crippen molar-refractivity contribution in [2.24, 2.45) is 17.3 Å². The number of rotatable bonds is 5. The number of ether oxygens (including phenoxy) is 1. The molecule has 0 bridgehead atoms. The van der Waals surface area contributed by atoms with Crippen LogP contribution < -0.4 is 5.32 Å². The van der Waals surface area contributed by atoms with Crippen LogP contribution >= 0.6 is 0 Å². The lowest BCUT2D eigenvalue weighted by Crippen LogP contribution is -2.39. The predicted molar refractivity (Wildman–Crippen MR) is 121 cm³/mol. The summed E-state index contributed by atoms with van der Waals surface area (Å²) in [6.45, 7) is 0.794. The van der Waals surface area contributed by atoms with E-state index >= 15 is 0 Å². The predicted octanol–water partition coefficient (Wildman–Crippen LogP) is 4.64. The molecule has 2 aromatic heterocycles. The highest BCUT2D eigenvalue weighted by Gasteiger charge is 2.50. The number of likely N-dealkylation sites (tertiary alicyclic amines) is 1. The summed E-state index contributed by atoms with van der Waals surface area (Å²) >= 11 is 0. The van der Waals surface area contributed by atoms with Crippen LogP contribution in [0.4, 0.5) is 19.0 Å². The third-order valence-corrected chi connectivity index (χ3v) is 8.12. The maximum absolute atomic E-state index is 13.3. The van der Waals surface area contributed by atoms with Gasteiger partial charge in [0.25, 0.3) is 0 Å². The highest BCUT2D eigenvalue weighted by atomic mass is 19.4. The Morgan fingerprint density at radius 3 is 2.71 bits per heavy atom. The van der Waals surface area contributed by atoms with E-state index in [4.69, 9.17) is 7.48 Å². The van der Waals surface area contributed by atoms with Gasteiger partial charge in [-0.1, -0.05) is 6.42 Å². The number of hydrogen-bond acceptors (Lipinski definition) is 6. The van der Waals surface area contributed by atoms with E-state index in [1.807, 2.05) is 0 Å². The second-order valence-corrected chi connectivity index (χ2v) is 10.2. The molecular formula is C25H30F3N5O. The summed E-state index contributed by atoms with van der Waals surface area (Å²) < 4.78 is 64.1. The summed E-state index contributed by atoms with van der Waals surface area (Å²) in [5.74, 6) is 1.35. The summed E-state index contributed by atoms with van der Waals surface area (Å²) in [5.41, 5.74) is -1.12. The number of hydrogen-bond donors (Lipinski definition) is 1. The molecule has 4 fully saturated rings. The lowest BCUT2D eigenvalue weighted by Gasteiger charge is -2.33. The van der Waals surface area contributed by atoms with Gasteiger partial charge in [-0.2, -0.15) is 13.2 Å². The van der Waals surface area contributed by atoms with Crippen molar-refractivity contribution in [3.8, 4) is 11.3 Å². The fraction of sp³-hybridized carbons (Fsp3) is 0.640. The third-order valence-electron chi connectivity index (χ3n) is 8.12. The van der Waals surface area contributed by atoms with Crippen molar-refractivity contribution in [1.82, 2.24) is 20.1 Å². The Labute approximate surface area is 200 Å². The second kappa shape index (κ2) is 8.45. The lowest BCUT2D eigenvalue weighted by molar-refractivity contribution is -0.137. The van der Waals surface area contributed by atoms with E-state index in [1.54, 1.807) is 6.07 Å². The number of pyridine rings is 1. The van der Waals surface area contributed by atoms with E-state index in [0.29, 0.717) is 24.3 Å². The molecule has 1 N–H and O–H groups in total. The van der Waals surface area contributed by atoms with Crippen LogP contribution in [0.15, 0.2) is 30.6 Å². The number of halogens is 3. The van der Waals surface area contributed by atoms with Crippen molar-refractivity contribution in [1.29, 1.82) is 0 Å². The van der Waals surface area contributed by atoms with Gasteiger partial charge >= 0.3 is 6.18 Å². The first-order valence-corrected chi connectivity index (χ1v) is 12.2. The summed E-state index contributed by atoms with van der Waals surface area (Å²) in [4.78, 5) is 5.89. The normalized spacial score (nSPS) is 34.6. The van der Waals surface area contributed by atoms with E-state index in [0.717, 1.165) is 70.1 Å². The SMILES string of the molecule is [2H]C([2H])(N1CC2CC(Nc3ccc(-c4cnccc4C(F)(F)F)nn3)CC2C1)[C@]12CCC[C@H]1OCC2. The molecule has 0 radical (unpaired) electrons. The van der Waals surface area contributed by atoms with E-state index < -0.39 is 18.2 Å². The second-order valence-electron chi connectivity index (χ2n) is 10.2. The van der Waals surface area contributed by atoms with Gasteiger partial charge in [0, 0.05) is 58.3 Å². The smallest absolute Gasteiger partial charge is 0.378 e. The average molecular weight is 476 g/mol. The van der Waals surface area contributed by atoms with Gasteiger partial charge in [-0.3, -0.25) is 4.98 Å². The van der Waals surface area contributed by atoms with Crippen molar-refractivity contribution >= 4 is 5.82 Å². The molecular weight excluding hydrogens is 443 g/mol. The molecule has 0 aromatic carbocycles. The summed E-state index contributed by atoms with van der Waals surface area (Å²) in [6.07, 6.45) is 3.35. The van der Waals surface area contributed by atoms with E-state index in [1.165, 1.54) is 6.07 Å². The van der Waals surface area contributed by atoms with Gasteiger partial charge in [0.05, 0.1) is 17.4 Å². The molecule has 34 heavy (non-hydrogen) atoms. The van der Waals surface area contributed by atoms with Gasteiger partial charge in [0.2, 0.25) is 0 Å². The molecule has 2 saturated heterocycles. The molecule has 6 rings (SSSR count). The minimum Gasteiger partial charge on any atom is -0.378 e. The van der Waals surface area contributed by atoms with Crippen molar-refractivity contribution in [2.75, 3.05) is 31.5 Å². The van der Waals surface area contributed by atoms with Gasteiger partial charge in [0.15, 0.2) is 0 Å². The Kier molecular flexibility index (Phi) is 4.96. The van der Waals surface area contributed by atoms with Crippen LogP contribution in [0.3, 0.4) is 0 Å². The Bertz CT molecular complexity index is 1090. The molecule has 2 unspecified atom stereocenters. The van der Waals surface area contributed by atoms with Gasteiger partial charge < -0.3 is 15.0 Å². The summed E-state index contributed by atoms with van der Waals surface area (Å²) in [7, 11) is 0. The molecule has 4 atom stereocenters. The Balaban J connectivity index is 1.09. The first-order valence-electron chi connectivity index (χ1n) is 13.2. The first-order chi connectivity index (χ1) is 17.2. The van der Waals surface area contributed by atoms with Crippen molar-refractivity contribution in [3.05, 3.63) is 36.2 Å². The zero-order valence-corrected chi connectivity index (χ0v) is 18.9. The Hall–Kier alpha value is -2.26. The molecule has 4 heterocycles. The van der Waals surface area contributed by atoms with Crippen molar-refractivity contribution in [2.45, 2.75) is 56.8 Å². The first kappa shape index (κ1) is 20.0. The van der Waals surface area contributed by atoms with E-state index in [-0.39, 0.29) is 28.8 Å². The molecule has 0 amide bonds. The molecule has 0 spiro atoms. The van der Waals surface area contributed by atoms with Crippen LogP contribution in [0.1, 0.15) is 46.8 Å². The van der Waals surface area contributed by atoms with Crippen LogP contribution in [-0.2, 0) is 10.9 Å². The monoisotopic (exact) mass is 475 g/mol. The molecule has 2 saturated carbocycles. The molecule has 2 aliphatic heterocycles. The van der Waals surface area contributed by atoms with E-state index in [2.05, 4.69) is 25.4 Å². The average Bonchev–Trinajstić information content (AvgIpc) is 3.59. The highest BCUT2D eigenvalue weighted by molar-refractivity contribution is 5.63. The standard InChI is InChI=1S/C25H30F3N5O/c26-25(27,28)20-5-8-29-12-19(20)21-3-4-23(32-31-21)30-18-10-16-13-33(14-17(16)11-18)15-24-6-1-2-22(24)34-9-7-24/h3-5,8,12,16-18,22H,1-2,6-7,9-11,13-15H2,(H,30,32)/t16?,17?,18?,22-,24-/m1/s1/i15D2. The molecule has 2 aliphatic carbocycles. The summed E-state index contributed by atoms with van der Waals surface area (Å²) in [6, 6.07) is 4.32. The van der Waals surface area contributed by atoms with Crippen molar-refractivity contribution < 1.29 is 20.6 Å². The minimum absolute atomic E-state index is 0.0442. The van der Waals surface area contributed by atoms with Crippen LogP contribution in [0.25, 0.3) is 11.3 Å². The topological polar surface area (TPSA) is 63.2 Å². The molecule has 6 nitrogen and oxygen atoms in total. The Morgan fingerprint density at radius 1 is 1.15 bits per heavy atom. The molecule has 182 valence electrons. The van der Waals surface area contributed by atoms with Crippen LogP contribution in [0, 0.1) is 17.3 Å². The molecule has 9 heteroatoms. The van der Waals surface area contributed by atoms with Gasteiger partial charge in [0.1, 0.15) is 5.82 Å². The third kappa shape index (κ3) is 4.06. The van der Waals surface area contributed by atoms with Gasteiger partial charge in [-0.05, 0) is 62.1 Å². The quantitative estimate of drug-likeness (QED) is 0.680. The fourth-order valence-electron chi connectivity index (χ4n) is 6.57. The number of fused-ring (bicyclic) bond motifs is 2. The highest BCUT2D eigenvalue weighted by Crippen LogP contribution is 2.49. The van der Waals surface area contributed by atoms with Crippen LogP contribution in [-0.4, -0.2) is 58.4 Å². The summed E-state index contributed by atoms with van der Waals surface area (Å²) in [5, 5.41) is 11.6. The molecule has 4 aliphatic rings. The number of aromatic nitrogens is 3. The molecule has 2 aromatic rings. The number of alkyl halides is 3. The maximum atomic E-state index is 13.3. The van der Waals surface area contributed by atoms with Gasteiger partial charge in [-0.25, -0.2) is 0 Å².